The molecule has 11 nitrogen and oxygen atoms in total. The summed E-state index contributed by atoms with van der Waals surface area (Å²) < 4.78 is 11.9. The maximum atomic E-state index is 11.9. The number of azide groups is 1. The first-order chi connectivity index (χ1) is 11.5. The minimum atomic E-state index is -0.794. The van der Waals surface area contributed by atoms with Gasteiger partial charge in [-0.25, -0.2) is 4.79 Å². The largest absolute Gasteiger partial charge is 0.459 e. The molecular weight excluding hydrogens is 322 g/mol. The van der Waals surface area contributed by atoms with Crippen molar-refractivity contribution in [3.63, 3.8) is 0 Å². The Morgan fingerprint density at radius 2 is 2.38 bits per heavy atom. The summed E-state index contributed by atoms with van der Waals surface area (Å²) in [5.41, 5.74) is 7.35. The summed E-state index contributed by atoms with van der Waals surface area (Å²) in [5, 5.41) is 12.6. The van der Waals surface area contributed by atoms with Crippen LogP contribution in [0.15, 0.2) is 20.9 Å². The lowest BCUT2D eigenvalue weighted by molar-refractivity contribution is -0.152. The van der Waals surface area contributed by atoms with Gasteiger partial charge in [-0.1, -0.05) is 5.11 Å². The maximum absolute atomic E-state index is 11.9. The van der Waals surface area contributed by atoms with Crippen LogP contribution in [0.5, 0.6) is 0 Å². The van der Waals surface area contributed by atoms with Gasteiger partial charge in [-0.3, -0.25) is 19.1 Å². The lowest BCUT2D eigenvalue weighted by Gasteiger charge is -2.16. The van der Waals surface area contributed by atoms with E-state index < -0.39 is 42.3 Å². The lowest BCUT2D eigenvalue weighted by atomic mass is 10.2. The second-order valence-electron chi connectivity index (χ2n) is 5.26. The average Bonchev–Trinajstić information content (AvgIpc) is 2.93. The second kappa shape index (κ2) is 7.77. The molecule has 2 N–H and O–H groups in total. The highest BCUT2D eigenvalue weighted by Crippen LogP contribution is 2.29. The zero-order chi connectivity index (χ0) is 17.7. The number of ether oxygens (including phenoxy) is 2. The van der Waals surface area contributed by atoms with Crippen molar-refractivity contribution in [2.24, 2.45) is 5.11 Å². The van der Waals surface area contributed by atoms with E-state index in [1.165, 1.54) is 10.8 Å². The van der Waals surface area contributed by atoms with Crippen LogP contribution in [0.1, 0.15) is 24.6 Å². The third kappa shape index (κ3) is 4.02. The smallest absolute Gasteiger partial charge is 0.330 e. The lowest BCUT2D eigenvalue weighted by Crippen LogP contribution is -2.33. The van der Waals surface area contributed by atoms with Crippen molar-refractivity contribution in [3.05, 3.63) is 43.0 Å². The normalized spacial score (nSPS) is 22.8. The number of carbonyl (C=O) groups is 1. The minimum absolute atomic E-state index is 0.0330. The number of H-pyrrole nitrogens is 1. The van der Waals surface area contributed by atoms with Crippen molar-refractivity contribution in [2.75, 3.05) is 13.2 Å². The summed E-state index contributed by atoms with van der Waals surface area (Å²) in [6, 6.07) is 0. The van der Waals surface area contributed by atoms with Crippen LogP contribution in [0, 0.1) is 6.92 Å². The van der Waals surface area contributed by atoms with Gasteiger partial charge in [0.15, 0.2) is 0 Å². The number of nitrogens with one attached hydrogen (secondary N) is 1. The molecule has 24 heavy (non-hydrogen) atoms. The molecule has 3 atom stereocenters. The van der Waals surface area contributed by atoms with Gasteiger partial charge >= 0.3 is 11.7 Å². The SMILES string of the molecule is Cc1cn([C@H]2C[C@@H](OC(=O)CCN=[N+]=[N-])[C@@H](CO)O2)c(=O)[nH]c1=O. The zero-order valence-corrected chi connectivity index (χ0v) is 12.9. The van der Waals surface area contributed by atoms with E-state index in [-0.39, 0.29) is 19.4 Å². The standard InChI is InChI=1S/C13H17N5O6/c1-7-5-18(13(22)16-12(7)21)10-4-8(9(6-19)23-10)24-11(20)2-3-15-17-14/h5,8-10,19H,2-4,6H2,1H3,(H,16,21,22)/t8-,9-,10-/m1/s1. The quantitative estimate of drug-likeness (QED) is 0.314. The highest BCUT2D eigenvalue weighted by molar-refractivity contribution is 5.69. The second-order valence-corrected chi connectivity index (χ2v) is 5.26. The predicted octanol–water partition coefficient (Wildman–Crippen LogP) is -0.263. The Morgan fingerprint density at radius 1 is 1.62 bits per heavy atom. The van der Waals surface area contributed by atoms with Gasteiger partial charge < -0.3 is 14.6 Å². The molecular formula is C13H17N5O6. The van der Waals surface area contributed by atoms with E-state index in [9.17, 15) is 19.5 Å². The molecule has 1 aliphatic rings. The van der Waals surface area contributed by atoms with E-state index in [0.717, 1.165) is 0 Å². The van der Waals surface area contributed by atoms with Gasteiger partial charge in [0.05, 0.1) is 13.0 Å². The number of aliphatic hydroxyl groups is 1. The van der Waals surface area contributed by atoms with E-state index in [0.29, 0.717) is 5.56 Å². The number of aryl methyl sites for hydroxylation is 1. The molecule has 0 saturated carbocycles. The fourth-order valence-corrected chi connectivity index (χ4v) is 2.37. The van der Waals surface area contributed by atoms with Crippen molar-refractivity contribution in [3.8, 4) is 0 Å². The summed E-state index contributed by atoms with van der Waals surface area (Å²) in [5.74, 6) is -0.597. The van der Waals surface area contributed by atoms with Crippen molar-refractivity contribution in [1.82, 2.24) is 9.55 Å². The molecule has 1 aromatic heterocycles. The number of aliphatic hydroxyl groups excluding tert-OH is 1. The Morgan fingerprint density at radius 3 is 3.04 bits per heavy atom. The Kier molecular flexibility index (Phi) is 5.74. The molecule has 0 bridgehead atoms. The van der Waals surface area contributed by atoms with Crippen LogP contribution in [-0.4, -0.2) is 46.0 Å². The molecule has 0 unspecified atom stereocenters. The molecule has 0 amide bonds. The van der Waals surface area contributed by atoms with Crippen LogP contribution in [0.4, 0.5) is 0 Å². The Labute approximate surface area is 135 Å². The summed E-state index contributed by atoms with van der Waals surface area (Å²) >= 11 is 0. The van der Waals surface area contributed by atoms with Gasteiger partial charge in [0.2, 0.25) is 0 Å². The minimum Gasteiger partial charge on any atom is -0.459 e. The summed E-state index contributed by atoms with van der Waals surface area (Å²) in [6.07, 6.45) is -0.924. The number of hydrogen-bond acceptors (Lipinski definition) is 7. The number of nitrogens with zero attached hydrogens (tertiary/aromatic N) is 4. The van der Waals surface area contributed by atoms with Crippen LogP contribution in [0.2, 0.25) is 0 Å². The van der Waals surface area contributed by atoms with Crippen LogP contribution in [0.25, 0.3) is 10.4 Å². The first-order valence-corrected chi connectivity index (χ1v) is 7.25. The zero-order valence-electron chi connectivity index (χ0n) is 12.9. The molecule has 2 rings (SSSR count). The number of carbonyl (C=O) groups excluding carboxylic acids is 1. The fraction of sp³-hybridized carbons (Fsp3) is 0.615. The van der Waals surface area contributed by atoms with Gasteiger partial charge in [-0.05, 0) is 12.5 Å². The molecule has 1 saturated heterocycles. The summed E-state index contributed by atoms with van der Waals surface area (Å²) in [6.45, 7) is 1.11. The summed E-state index contributed by atoms with van der Waals surface area (Å²) in [4.78, 5) is 39.7. The van der Waals surface area contributed by atoms with Gasteiger partial charge in [0.1, 0.15) is 18.4 Å². The molecule has 2 heterocycles. The Hall–Kier alpha value is -2.62. The summed E-state index contributed by atoms with van der Waals surface area (Å²) in [7, 11) is 0. The molecule has 1 aliphatic heterocycles. The van der Waals surface area contributed by atoms with Gasteiger partial charge in [0.25, 0.3) is 5.56 Å². The first kappa shape index (κ1) is 17.7. The molecule has 130 valence electrons. The Bertz CT molecular complexity index is 765. The Balaban J connectivity index is 2.10. The average molecular weight is 339 g/mol. The number of rotatable bonds is 6. The number of hydrogen-bond donors (Lipinski definition) is 2. The van der Waals surface area contributed by atoms with Gasteiger partial charge in [-0.2, -0.15) is 0 Å². The predicted molar refractivity (Wildman–Crippen MR) is 80.2 cm³/mol. The van der Waals surface area contributed by atoms with E-state index >= 15 is 0 Å². The van der Waals surface area contributed by atoms with Crippen molar-refractivity contribution < 1.29 is 19.4 Å². The van der Waals surface area contributed by atoms with Crippen molar-refractivity contribution in [1.29, 1.82) is 0 Å². The highest BCUT2D eigenvalue weighted by atomic mass is 16.6. The number of esters is 1. The molecule has 11 heteroatoms. The van der Waals surface area contributed by atoms with Gasteiger partial charge in [0, 0.05) is 29.6 Å². The molecule has 0 spiro atoms. The van der Waals surface area contributed by atoms with Crippen molar-refractivity contribution in [2.45, 2.75) is 38.2 Å². The monoisotopic (exact) mass is 339 g/mol. The fourth-order valence-electron chi connectivity index (χ4n) is 2.37. The first-order valence-electron chi connectivity index (χ1n) is 7.25. The van der Waals surface area contributed by atoms with E-state index in [1.807, 2.05) is 0 Å². The topological polar surface area (TPSA) is 159 Å². The van der Waals surface area contributed by atoms with Crippen LogP contribution in [0.3, 0.4) is 0 Å². The molecule has 0 radical (unpaired) electrons. The third-order valence-corrected chi connectivity index (χ3v) is 3.58. The van der Waals surface area contributed by atoms with Crippen LogP contribution in [-0.2, 0) is 14.3 Å². The van der Waals surface area contributed by atoms with E-state index in [1.54, 1.807) is 6.92 Å². The third-order valence-electron chi connectivity index (χ3n) is 3.58. The maximum Gasteiger partial charge on any atom is 0.330 e. The van der Waals surface area contributed by atoms with E-state index in [2.05, 4.69) is 15.0 Å². The molecule has 1 aromatic rings. The number of aromatic nitrogens is 2. The molecule has 0 aliphatic carbocycles. The van der Waals surface area contributed by atoms with Crippen LogP contribution >= 0.6 is 0 Å². The highest BCUT2D eigenvalue weighted by Gasteiger charge is 2.38. The number of aromatic amines is 1. The van der Waals surface area contributed by atoms with Crippen molar-refractivity contribution >= 4 is 5.97 Å². The van der Waals surface area contributed by atoms with Crippen LogP contribution < -0.4 is 11.2 Å². The molecule has 1 fully saturated rings. The molecule has 0 aromatic carbocycles. The van der Waals surface area contributed by atoms with E-state index in [4.69, 9.17) is 15.0 Å². The van der Waals surface area contributed by atoms with Gasteiger partial charge in [-0.15, -0.1) is 0 Å².